The van der Waals surface area contributed by atoms with Crippen molar-refractivity contribution in [3.8, 4) is 0 Å². The van der Waals surface area contributed by atoms with Crippen molar-refractivity contribution in [1.29, 1.82) is 0 Å². The van der Waals surface area contributed by atoms with Crippen LogP contribution in [-0.4, -0.2) is 49.3 Å². The number of methoxy groups -OCH3 is 1. The SMILES string of the molecule is COC(=O)C1(CCCCN)CCN(C(=O)OC(C)(C)C)C1. The molecule has 0 radical (unpaired) electrons. The molecule has 6 heteroatoms. The Kier molecular flexibility index (Phi) is 6.01. The van der Waals surface area contributed by atoms with Gasteiger partial charge in [-0.25, -0.2) is 4.79 Å². The molecule has 0 bridgehead atoms. The largest absolute Gasteiger partial charge is 0.469 e. The van der Waals surface area contributed by atoms with Gasteiger partial charge in [-0.05, 0) is 46.6 Å². The molecule has 0 aromatic rings. The van der Waals surface area contributed by atoms with Crippen LogP contribution in [0.15, 0.2) is 0 Å². The van der Waals surface area contributed by atoms with E-state index in [1.54, 1.807) is 4.90 Å². The van der Waals surface area contributed by atoms with Gasteiger partial charge < -0.3 is 20.1 Å². The van der Waals surface area contributed by atoms with E-state index in [2.05, 4.69) is 0 Å². The summed E-state index contributed by atoms with van der Waals surface area (Å²) in [5, 5.41) is 0. The number of unbranched alkanes of at least 4 members (excludes halogenated alkanes) is 1. The third-order valence-electron chi connectivity index (χ3n) is 3.73. The number of esters is 1. The molecule has 1 atom stereocenters. The second-order valence-corrected chi connectivity index (χ2v) is 6.67. The third-order valence-corrected chi connectivity index (χ3v) is 3.73. The van der Waals surface area contributed by atoms with Crippen molar-refractivity contribution in [2.24, 2.45) is 11.1 Å². The zero-order valence-corrected chi connectivity index (χ0v) is 13.6. The Hall–Kier alpha value is -1.30. The molecular weight excluding hydrogens is 272 g/mol. The molecule has 0 aliphatic carbocycles. The molecule has 0 spiro atoms. The lowest BCUT2D eigenvalue weighted by atomic mass is 9.82. The fourth-order valence-electron chi connectivity index (χ4n) is 2.65. The van der Waals surface area contributed by atoms with Crippen LogP contribution in [0, 0.1) is 5.41 Å². The minimum Gasteiger partial charge on any atom is -0.469 e. The van der Waals surface area contributed by atoms with Gasteiger partial charge in [-0.2, -0.15) is 0 Å². The molecule has 2 N–H and O–H groups in total. The second kappa shape index (κ2) is 7.11. The van der Waals surface area contributed by atoms with Gasteiger partial charge >= 0.3 is 12.1 Å². The first-order chi connectivity index (χ1) is 9.74. The summed E-state index contributed by atoms with van der Waals surface area (Å²) < 4.78 is 10.3. The summed E-state index contributed by atoms with van der Waals surface area (Å²) in [4.78, 5) is 25.9. The predicted octanol–water partition coefficient (Wildman–Crippen LogP) is 1.92. The maximum Gasteiger partial charge on any atom is 0.410 e. The number of hydrogen-bond acceptors (Lipinski definition) is 5. The third kappa shape index (κ3) is 4.88. The van der Waals surface area contributed by atoms with Gasteiger partial charge in [0.25, 0.3) is 0 Å². The highest BCUT2D eigenvalue weighted by Gasteiger charge is 2.47. The molecule has 1 aliphatic rings. The van der Waals surface area contributed by atoms with Crippen molar-refractivity contribution < 1.29 is 19.1 Å². The molecule has 21 heavy (non-hydrogen) atoms. The van der Waals surface area contributed by atoms with Gasteiger partial charge in [-0.15, -0.1) is 0 Å². The van der Waals surface area contributed by atoms with Crippen LogP contribution in [0.1, 0.15) is 46.5 Å². The van der Waals surface area contributed by atoms with Crippen LogP contribution >= 0.6 is 0 Å². The van der Waals surface area contributed by atoms with Crippen molar-refractivity contribution in [2.75, 3.05) is 26.7 Å². The lowest BCUT2D eigenvalue weighted by Gasteiger charge is -2.28. The van der Waals surface area contributed by atoms with Crippen LogP contribution in [0.2, 0.25) is 0 Å². The average Bonchev–Trinajstić information content (AvgIpc) is 2.82. The summed E-state index contributed by atoms with van der Waals surface area (Å²) >= 11 is 0. The summed E-state index contributed by atoms with van der Waals surface area (Å²) in [5.74, 6) is -0.245. The Bertz CT molecular complexity index is 378. The van der Waals surface area contributed by atoms with E-state index in [-0.39, 0.29) is 12.1 Å². The number of rotatable bonds is 5. The first-order valence-corrected chi connectivity index (χ1v) is 7.50. The summed E-state index contributed by atoms with van der Waals surface area (Å²) in [5.41, 5.74) is 4.36. The molecule has 1 heterocycles. The zero-order valence-electron chi connectivity index (χ0n) is 13.6. The van der Waals surface area contributed by atoms with Gasteiger partial charge in [0.1, 0.15) is 5.60 Å². The smallest absolute Gasteiger partial charge is 0.410 e. The Labute approximate surface area is 126 Å². The minimum absolute atomic E-state index is 0.245. The Balaban J connectivity index is 2.71. The number of carbonyl (C=O) groups is 2. The molecule has 122 valence electrons. The number of hydrogen-bond donors (Lipinski definition) is 1. The summed E-state index contributed by atoms with van der Waals surface area (Å²) in [6.07, 6.45) is 2.66. The maximum atomic E-state index is 12.2. The van der Waals surface area contributed by atoms with E-state index >= 15 is 0 Å². The van der Waals surface area contributed by atoms with E-state index in [1.165, 1.54) is 7.11 Å². The fourth-order valence-corrected chi connectivity index (χ4v) is 2.65. The Morgan fingerprint density at radius 3 is 2.48 bits per heavy atom. The Morgan fingerprint density at radius 2 is 1.95 bits per heavy atom. The van der Waals surface area contributed by atoms with Crippen LogP contribution in [0.5, 0.6) is 0 Å². The van der Waals surface area contributed by atoms with Crippen molar-refractivity contribution in [3.05, 3.63) is 0 Å². The maximum absolute atomic E-state index is 12.2. The molecule has 6 nitrogen and oxygen atoms in total. The van der Waals surface area contributed by atoms with E-state index < -0.39 is 11.0 Å². The normalized spacial score (nSPS) is 22.2. The number of ether oxygens (including phenoxy) is 2. The molecule has 1 unspecified atom stereocenters. The molecule has 0 saturated carbocycles. The summed E-state index contributed by atoms with van der Waals surface area (Å²) in [6.45, 7) is 6.97. The number of nitrogens with two attached hydrogens (primary N) is 1. The molecule has 1 rings (SSSR count). The van der Waals surface area contributed by atoms with Gasteiger partial charge in [0.05, 0.1) is 12.5 Å². The number of nitrogens with zero attached hydrogens (tertiary/aromatic N) is 1. The second-order valence-electron chi connectivity index (χ2n) is 6.67. The highest BCUT2D eigenvalue weighted by atomic mass is 16.6. The zero-order chi connectivity index (χ0) is 16.1. The predicted molar refractivity (Wildman–Crippen MR) is 79.8 cm³/mol. The highest BCUT2D eigenvalue weighted by molar-refractivity contribution is 5.79. The number of likely N-dealkylation sites (tertiary alicyclic amines) is 1. The van der Waals surface area contributed by atoms with Crippen molar-refractivity contribution in [1.82, 2.24) is 4.90 Å². The first-order valence-electron chi connectivity index (χ1n) is 7.50. The summed E-state index contributed by atoms with van der Waals surface area (Å²) in [6, 6.07) is 0. The highest BCUT2D eigenvalue weighted by Crippen LogP contribution is 2.37. The average molecular weight is 300 g/mol. The topological polar surface area (TPSA) is 81.9 Å². The number of amides is 1. The van der Waals surface area contributed by atoms with Gasteiger partial charge in [-0.3, -0.25) is 4.79 Å². The Morgan fingerprint density at radius 1 is 1.29 bits per heavy atom. The first kappa shape index (κ1) is 17.8. The standard InChI is InChI=1S/C15H28N2O4/c1-14(2,3)21-13(19)17-10-8-15(11-17,12(18)20-4)7-5-6-9-16/h5-11,16H2,1-4H3. The molecule has 1 fully saturated rings. The van der Waals surface area contributed by atoms with E-state index in [4.69, 9.17) is 15.2 Å². The van der Waals surface area contributed by atoms with Crippen LogP contribution in [-0.2, 0) is 14.3 Å². The van der Waals surface area contributed by atoms with Crippen LogP contribution < -0.4 is 5.73 Å². The minimum atomic E-state index is -0.610. The fraction of sp³-hybridized carbons (Fsp3) is 0.867. The molecule has 1 amide bonds. The van der Waals surface area contributed by atoms with Crippen molar-refractivity contribution in [3.63, 3.8) is 0 Å². The van der Waals surface area contributed by atoms with E-state index in [0.29, 0.717) is 32.5 Å². The summed E-state index contributed by atoms with van der Waals surface area (Å²) in [7, 11) is 1.39. The van der Waals surface area contributed by atoms with Crippen molar-refractivity contribution >= 4 is 12.1 Å². The number of carbonyl (C=O) groups excluding carboxylic acids is 2. The van der Waals surface area contributed by atoms with Gasteiger partial charge in [-0.1, -0.05) is 6.42 Å². The molecule has 0 aromatic heterocycles. The van der Waals surface area contributed by atoms with E-state index in [9.17, 15) is 9.59 Å². The van der Waals surface area contributed by atoms with Gasteiger partial charge in [0.15, 0.2) is 0 Å². The van der Waals surface area contributed by atoms with Gasteiger partial charge in [0.2, 0.25) is 0 Å². The van der Waals surface area contributed by atoms with E-state index in [0.717, 1.165) is 12.8 Å². The molecular formula is C15H28N2O4. The van der Waals surface area contributed by atoms with Crippen molar-refractivity contribution in [2.45, 2.75) is 52.1 Å². The lowest BCUT2D eigenvalue weighted by molar-refractivity contribution is -0.152. The molecule has 1 aliphatic heterocycles. The quantitative estimate of drug-likeness (QED) is 0.619. The monoisotopic (exact) mass is 300 g/mol. The van der Waals surface area contributed by atoms with Crippen LogP contribution in [0.3, 0.4) is 0 Å². The molecule has 1 saturated heterocycles. The lowest BCUT2D eigenvalue weighted by Crippen LogP contribution is -2.40. The molecule has 0 aromatic carbocycles. The van der Waals surface area contributed by atoms with E-state index in [1.807, 2.05) is 20.8 Å². The van der Waals surface area contributed by atoms with Crippen LogP contribution in [0.4, 0.5) is 4.79 Å². The van der Waals surface area contributed by atoms with Crippen LogP contribution in [0.25, 0.3) is 0 Å². The van der Waals surface area contributed by atoms with Gasteiger partial charge in [0, 0.05) is 13.1 Å².